The van der Waals surface area contributed by atoms with Crippen molar-refractivity contribution in [1.29, 1.82) is 0 Å². The number of rotatable bonds is 4. The molecule has 0 spiro atoms. The number of para-hydroxylation sites is 1. The maximum Gasteiger partial charge on any atom is 0.248 e. The van der Waals surface area contributed by atoms with Gasteiger partial charge in [-0.15, -0.1) is 0 Å². The molecule has 1 aliphatic heterocycles. The maximum atomic E-state index is 6.51. The van der Waals surface area contributed by atoms with Crippen molar-refractivity contribution in [2.75, 3.05) is 5.32 Å². The van der Waals surface area contributed by atoms with Gasteiger partial charge in [0.15, 0.2) is 0 Å². The van der Waals surface area contributed by atoms with E-state index in [1.165, 1.54) is 0 Å². The van der Waals surface area contributed by atoms with Gasteiger partial charge >= 0.3 is 0 Å². The highest BCUT2D eigenvalue weighted by molar-refractivity contribution is 6.32. The Morgan fingerprint density at radius 1 is 0.848 bits per heavy atom. The summed E-state index contributed by atoms with van der Waals surface area (Å²) in [6.07, 6.45) is 4.13. The predicted molar refractivity (Wildman–Crippen MR) is 128 cm³/mol. The number of nitrogens with one attached hydrogen (secondary N) is 1. The lowest BCUT2D eigenvalue weighted by Gasteiger charge is -2.23. The van der Waals surface area contributed by atoms with E-state index in [-0.39, 0.29) is 6.04 Å². The Morgan fingerprint density at radius 2 is 1.58 bits per heavy atom. The molecule has 3 heterocycles. The molecule has 5 aromatic rings. The third-order valence-electron chi connectivity index (χ3n) is 5.62. The van der Waals surface area contributed by atoms with Crippen molar-refractivity contribution in [3.8, 4) is 16.9 Å². The number of fused-ring (bicyclic) bond motifs is 1. The Labute approximate surface area is 195 Å². The normalized spacial score (nSPS) is 14.9. The first-order valence-corrected chi connectivity index (χ1v) is 10.9. The molecule has 2 aromatic heterocycles. The number of hydrogen-bond acceptors (Lipinski definition) is 5. The van der Waals surface area contributed by atoms with Gasteiger partial charge in [0.2, 0.25) is 5.95 Å². The van der Waals surface area contributed by atoms with Crippen LogP contribution in [0.25, 0.3) is 22.6 Å². The first-order chi connectivity index (χ1) is 16.3. The van der Waals surface area contributed by atoms with E-state index in [9.17, 15) is 0 Å². The molecule has 0 bridgehead atoms. The summed E-state index contributed by atoms with van der Waals surface area (Å²) >= 11 is 6.51. The molecule has 3 aromatic carbocycles. The molecule has 8 heteroatoms. The van der Waals surface area contributed by atoms with Gasteiger partial charge in [-0.05, 0) is 34.7 Å². The van der Waals surface area contributed by atoms with E-state index in [4.69, 9.17) is 16.7 Å². The van der Waals surface area contributed by atoms with Crippen LogP contribution in [0.15, 0.2) is 97.2 Å². The first kappa shape index (κ1) is 19.5. The Balaban J connectivity index is 1.56. The zero-order chi connectivity index (χ0) is 22.2. The molecule has 0 aliphatic carbocycles. The molecular formula is C25H18ClN7. The van der Waals surface area contributed by atoms with E-state index in [1.807, 2.05) is 83.7 Å². The minimum atomic E-state index is -0.282. The predicted octanol–water partition coefficient (Wildman–Crippen LogP) is 5.24. The molecule has 7 nitrogen and oxygen atoms in total. The van der Waals surface area contributed by atoms with Crippen LogP contribution in [-0.4, -0.2) is 30.0 Å². The second-order valence-corrected chi connectivity index (χ2v) is 8.06. The number of allylic oxidation sites excluding steroid dienone is 1. The van der Waals surface area contributed by atoms with Crippen molar-refractivity contribution >= 4 is 23.2 Å². The number of tetrazole rings is 1. The SMILES string of the molecule is Clc1ccccc1C1=C[C@@H](c2cn(-c3ccccc3)nc2-c2ccccc2)n2nnnc2N1. The standard InChI is InChI=1S/C25H18ClN7/c26-21-14-8-7-13-19(21)22-15-23(33-25(27-22)28-30-31-33)20-16-32(18-11-5-2-6-12-18)29-24(20)17-9-3-1-4-10-17/h1-16,23H,(H,27,28,31)/t23-/m0/s1. The zero-order valence-electron chi connectivity index (χ0n) is 17.4. The highest BCUT2D eigenvalue weighted by atomic mass is 35.5. The molecule has 1 N–H and O–H groups in total. The number of nitrogens with zero attached hydrogens (tertiary/aromatic N) is 6. The Morgan fingerprint density at radius 3 is 2.36 bits per heavy atom. The van der Waals surface area contributed by atoms with Crippen molar-refractivity contribution in [2.45, 2.75) is 6.04 Å². The molecule has 1 atom stereocenters. The van der Waals surface area contributed by atoms with Crippen LogP contribution >= 0.6 is 11.6 Å². The van der Waals surface area contributed by atoms with Crippen molar-refractivity contribution in [1.82, 2.24) is 30.0 Å². The second-order valence-electron chi connectivity index (χ2n) is 7.66. The van der Waals surface area contributed by atoms with E-state index in [2.05, 4.69) is 39.1 Å². The lowest BCUT2D eigenvalue weighted by atomic mass is 9.99. The molecule has 0 saturated carbocycles. The van der Waals surface area contributed by atoms with Crippen LogP contribution in [0.5, 0.6) is 0 Å². The van der Waals surface area contributed by atoms with E-state index >= 15 is 0 Å². The lowest BCUT2D eigenvalue weighted by Crippen LogP contribution is -2.20. The molecule has 0 saturated heterocycles. The van der Waals surface area contributed by atoms with Crippen LogP contribution in [0, 0.1) is 0 Å². The molecule has 6 rings (SSSR count). The van der Waals surface area contributed by atoms with Crippen LogP contribution in [-0.2, 0) is 0 Å². The fourth-order valence-corrected chi connectivity index (χ4v) is 4.29. The summed E-state index contributed by atoms with van der Waals surface area (Å²) in [4.78, 5) is 0. The molecule has 0 fully saturated rings. The first-order valence-electron chi connectivity index (χ1n) is 10.5. The topological polar surface area (TPSA) is 73.5 Å². The molecule has 1 aliphatic rings. The summed E-state index contributed by atoms with van der Waals surface area (Å²) in [7, 11) is 0. The monoisotopic (exact) mass is 451 g/mol. The number of halogens is 1. The van der Waals surface area contributed by atoms with E-state index in [0.29, 0.717) is 11.0 Å². The van der Waals surface area contributed by atoms with Crippen LogP contribution < -0.4 is 5.32 Å². The summed E-state index contributed by atoms with van der Waals surface area (Å²) in [6, 6.07) is 27.6. The molecule has 0 unspecified atom stereocenters. The van der Waals surface area contributed by atoms with Crippen molar-refractivity contribution in [3.63, 3.8) is 0 Å². The zero-order valence-corrected chi connectivity index (χ0v) is 18.1. The largest absolute Gasteiger partial charge is 0.323 e. The van der Waals surface area contributed by atoms with Crippen molar-refractivity contribution in [3.05, 3.63) is 113 Å². The number of anilines is 1. The summed E-state index contributed by atoms with van der Waals surface area (Å²) in [5.41, 5.74) is 5.56. The Hall–Kier alpha value is -4.23. The summed E-state index contributed by atoms with van der Waals surface area (Å²) in [6.45, 7) is 0. The smallest absolute Gasteiger partial charge is 0.248 e. The number of hydrogen-bond donors (Lipinski definition) is 1. The number of aromatic nitrogens is 6. The van der Waals surface area contributed by atoms with Gasteiger partial charge < -0.3 is 5.32 Å². The van der Waals surface area contributed by atoms with E-state index in [1.54, 1.807) is 4.68 Å². The molecular weight excluding hydrogens is 434 g/mol. The van der Waals surface area contributed by atoms with Crippen molar-refractivity contribution < 1.29 is 0 Å². The van der Waals surface area contributed by atoms with Crippen LogP contribution in [0.3, 0.4) is 0 Å². The van der Waals surface area contributed by atoms with Crippen molar-refractivity contribution in [2.24, 2.45) is 0 Å². The maximum absolute atomic E-state index is 6.51. The van der Waals surface area contributed by atoms with Gasteiger partial charge in [0, 0.05) is 33.6 Å². The van der Waals surface area contributed by atoms with Gasteiger partial charge in [0.1, 0.15) is 6.04 Å². The minimum Gasteiger partial charge on any atom is -0.323 e. The summed E-state index contributed by atoms with van der Waals surface area (Å²) < 4.78 is 3.66. The highest BCUT2D eigenvalue weighted by Gasteiger charge is 2.29. The fourth-order valence-electron chi connectivity index (χ4n) is 4.05. The van der Waals surface area contributed by atoms with Crippen LogP contribution in [0.4, 0.5) is 5.95 Å². The summed E-state index contributed by atoms with van der Waals surface area (Å²) in [5, 5.41) is 21.3. The quantitative estimate of drug-likeness (QED) is 0.404. The molecule has 33 heavy (non-hydrogen) atoms. The third-order valence-corrected chi connectivity index (χ3v) is 5.95. The van der Waals surface area contributed by atoms with E-state index < -0.39 is 0 Å². The van der Waals surface area contributed by atoms with Gasteiger partial charge in [-0.25, -0.2) is 4.68 Å². The van der Waals surface area contributed by atoms with Gasteiger partial charge in [0.05, 0.1) is 11.4 Å². The van der Waals surface area contributed by atoms with Gasteiger partial charge in [-0.2, -0.15) is 9.78 Å². The highest BCUT2D eigenvalue weighted by Crippen LogP contribution is 2.37. The van der Waals surface area contributed by atoms with Crippen LogP contribution in [0.2, 0.25) is 5.02 Å². The average Bonchev–Trinajstić information content (AvgIpc) is 3.52. The third kappa shape index (κ3) is 3.48. The Bertz CT molecular complexity index is 1450. The molecule has 0 amide bonds. The average molecular weight is 452 g/mol. The minimum absolute atomic E-state index is 0.282. The van der Waals surface area contributed by atoms with Gasteiger partial charge in [0.25, 0.3) is 0 Å². The molecule has 0 radical (unpaired) electrons. The molecule has 160 valence electrons. The Kier molecular flexibility index (Phi) is 4.74. The second kappa shape index (κ2) is 8.03. The number of benzene rings is 3. The summed E-state index contributed by atoms with van der Waals surface area (Å²) in [5.74, 6) is 0.545. The van der Waals surface area contributed by atoms with Gasteiger partial charge in [-0.3, -0.25) is 0 Å². The van der Waals surface area contributed by atoms with Crippen LogP contribution in [0.1, 0.15) is 17.2 Å². The lowest BCUT2D eigenvalue weighted by molar-refractivity contribution is 0.586. The van der Waals surface area contributed by atoms with E-state index in [0.717, 1.165) is 33.8 Å². The fraction of sp³-hybridized carbons (Fsp3) is 0.0400. The van der Waals surface area contributed by atoms with Gasteiger partial charge in [-0.1, -0.05) is 83.4 Å².